The van der Waals surface area contributed by atoms with E-state index in [0.717, 1.165) is 24.4 Å². The van der Waals surface area contributed by atoms with E-state index in [1.54, 1.807) is 0 Å². The van der Waals surface area contributed by atoms with Gasteiger partial charge in [0.15, 0.2) is 0 Å². The quantitative estimate of drug-likeness (QED) is 0.797. The topological polar surface area (TPSA) is 50.2 Å². The lowest BCUT2D eigenvalue weighted by Gasteiger charge is -2.28. The molecule has 0 fully saturated rings. The third kappa shape index (κ3) is 5.87. The number of aryl methyl sites for hydroxylation is 3. The van der Waals surface area contributed by atoms with Crippen molar-refractivity contribution < 1.29 is 4.79 Å². The maximum Gasteiger partial charge on any atom is 0.220 e. The van der Waals surface area contributed by atoms with E-state index in [0.29, 0.717) is 24.9 Å². The number of carbonyl (C=O) groups is 1. The second-order valence-electron chi connectivity index (χ2n) is 6.33. The number of amides is 1. The number of rotatable bonds is 8. The van der Waals surface area contributed by atoms with Crippen LogP contribution in [-0.2, 0) is 11.3 Å². The lowest BCUT2D eigenvalue weighted by molar-refractivity contribution is -0.121. The number of hydrogen-bond acceptors (Lipinski definition) is 3. The first-order valence-corrected chi connectivity index (χ1v) is 7.75. The van der Waals surface area contributed by atoms with E-state index in [1.807, 2.05) is 18.5 Å². The molecule has 0 aliphatic rings. The third-order valence-electron chi connectivity index (χ3n) is 3.82. The van der Waals surface area contributed by atoms with Crippen LogP contribution in [0.2, 0.25) is 0 Å². The van der Waals surface area contributed by atoms with Gasteiger partial charge in [0.05, 0.1) is 5.69 Å². The Balaban J connectivity index is 2.29. The zero-order valence-electron chi connectivity index (χ0n) is 14.3. The summed E-state index contributed by atoms with van der Waals surface area (Å²) in [6.45, 7) is 9.91. The van der Waals surface area contributed by atoms with E-state index in [4.69, 9.17) is 0 Å². The van der Waals surface area contributed by atoms with Crippen molar-refractivity contribution in [2.75, 3.05) is 20.6 Å². The summed E-state index contributed by atoms with van der Waals surface area (Å²) in [5.41, 5.74) is 2.18. The van der Waals surface area contributed by atoms with Gasteiger partial charge in [-0.15, -0.1) is 0 Å². The van der Waals surface area contributed by atoms with Gasteiger partial charge in [-0.05, 0) is 46.3 Å². The highest BCUT2D eigenvalue weighted by atomic mass is 16.1. The van der Waals surface area contributed by atoms with E-state index in [1.165, 1.54) is 0 Å². The smallest absolute Gasteiger partial charge is 0.220 e. The standard InChI is InChI=1S/C16H30N4O/c1-12(2)15(19(5)6)11-17-16(21)8-7-9-20-14(4)10-13(3)18-20/h10,12,15H,7-9,11H2,1-6H3,(H,17,21)/t15-/m0/s1. The first-order chi connectivity index (χ1) is 9.81. The highest BCUT2D eigenvalue weighted by Crippen LogP contribution is 2.07. The summed E-state index contributed by atoms with van der Waals surface area (Å²) in [4.78, 5) is 14.1. The molecular formula is C16H30N4O. The van der Waals surface area contributed by atoms with Crippen molar-refractivity contribution in [1.82, 2.24) is 20.0 Å². The molecule has 0 saturated carbocycles. The Morgan fingerprint density at radius 1 is 1.38 bits per heavy atom. The first-order valence-electron chi connectivity index (χ1n) is 7.75. The van der Waals surface area contributed by atoms with Crippen LogP contribution in [0.15, 0.2) is 6.07 Å². The minimum Gasteiger partial charge on any atom is -0.355 e. The van der Waals surface area contributed by atoms with Crippen LogP contribution in [-0.4, -0.2) is 47.3 Å². The lowest BCUT2D eigenvalue weighted by Crippen LogP contribution is -2.43. The highest BCUT2D eigenvalue weighted by Gasteiger charge is 2.16. The second kappa shape index (κ2) is 8.17. The van der Waals surface area contributed by atoms with Gasteiger partial charge in [-0.3, -0.25) is 9.48 Å². The molecule has 120 valence electrons. The van der Waals surface area contributed by atoms with Crippen LogP contribution in [0.25, 0.3) is 0 Å². The zero-order valence-corrected chi connectivity index (χ0v) is 14.3. The van der Waals surface area contributed by atoms with Crippen molar-refractivity contribution in [1.29, 1.82) is 0 Å². The summed E-state index contributed by atoms with van der Waals surface area (Å²) in [6, 6.07) is 2.44. The summed E-state index contributed by atoms with van der Waals surface area (Å²) in [5.74, 6) is 0.652. The Kier molecular flexibility index (Phi) is 6.89. The molecule has 1 heterocycles. The predicted octanol–water partition coefficient (Wildman–Crippen LogP) is 1.98. The SMILES string of the molecule is Cc1cc(C)n(CCCC(=O)NC[C@@H](C(C)C)N(C)C)n1. The van der Waals surface area contributed by atoms with Crippen molar-refractivity contribution >= 4 is 5.91 Å². The first kappa shape index (κ1) is 17.7. The van der Waals surface area contributed by atoms with Crippen LogP contribution in [0.1, 0.15) is 38.1 Å². The molecule has 1 N–H and O–H groups in total. The second-order valence-corrected chi connectivity index (χ2v) is 6.33. The van der Waals surface area contributed by atoms with Crippen LogP contribution in [0, 0.1) is 19.8 Å². The maximum absolute atomic E-state index is 11.9. The fourth-order valence-electron chi connectivity index (χ4n) is 2.61. The molecule has 0 bridgehead atoms. The molecular weight excluding hydrogens is 264 g/mol. The molecule has 0 saturated heterocycles. The number of hydrogen-bond donors (Lipinski definition) is 1. The maximum atomic E-state index is 11.9. The van der Waals surface area contributed by atoms with Gasteiger partial charge in [-0.25, -0.2) is 0 Å². The van der Waals surface area contributed by atoms with E-state index >= 15 is 0 Å². The molecule has 5 heteroatoms. The van der Waals surface area contributed by atoms with Crippen molar-refractivity contribution in [2.45, 2.75) is 53.1 Å². The Labute approximate surface area is 128 Å². The molecule has 1 aromatic heterocycles. The molecule has 21 heavy (non-hydrogen) atoms. The van der Waals surface area contributed by atoms with Gasteiger partial charge in [-0.1, -0.05) is 13.8 Å². The largest absolute Gasteiger partial charge is 0.355 e. The Hall–Kier alpha value is -1.36. The van der Waals surface area contributed by atoms with Gasteiger partial charge in [0.25, 0.3) is 0 Å². The van der Waals surface area contributed by atoms with E-state index in [9.17, 15) is 4.79 Å². The molecule has 1 aromatic rings. The van der Waals surface area contributed by atoms with Gasteiger partial charge in [0.2, 0.25) is 5.91 Å². The fraction of sp³-hybridized carbons (Fsp3) is 0.750. The van der Waals surface area contributed by atoms with Crippen molar-refractivity contribution in [2.24, 2.45) is 5.92 Å². The molecule has 0 aromatic carbocycles. The molecule has 0 unspecified atom stereocenters. The van der Waals surface area contributed by atoms with Gasteiger partial charge in [0, 0.05) is 31.2 Å². The number of nitrogens with zero attached hydrogens (tertiary/aromatic N) is 3. The monoisotopic (exact) mass is 294 g/mol. The molecule has 0 aliphatic heterocycles. The van der Waals surface area contributed by atoms with E-state index in [2.05, 4.69) is 49.3 Å². The van der Waals surface area contributed by atoms with Crippen molar-refractivity contribution in [3.05, 3.63) is 17.5 Å². The fourth-order valence-corrected chi connectivity index (χ4v) is 2.61. The minimum atomic E-state index is 0.129. The predicted molar refractivity (Wildman–Crippen MR) is 86.3 cm³/mol. The highest BCUT2D eigenvalue weighted by molar-refractivity contribution is 5.75. The average Bonchev–Trinajstić information content (AvgIpc) is 2.67. The number of aromatic nitrogens is 2. The van der Waals surface area contributed by atoms with E-state index < -0.39 is 0 Å². The zero-order chi connectivity index (χ0) is 16.0. The average molecular weight is 294 g/mol. The van der Waals surface area contributed by atoms with Gasteiger partial charge in [0.1, 0.15) is 0 Å². The molecule has 1 rings (SSSR count). The summed E-state index contributed by atoms with van der Waals surface area (Å²) >= 11 is 0. The van der Waals surface area contributed by atoms with Crippen molar-refractivity contribution in [3.8, 4) is 0 Å². The summed E-state index contributed by atoms with van der Waals surface area (Å²) in [5, 5.41) is 7.45. The summed E-state index contributed by atoms with van der Waals surface area (Å²) < 4.78 is 1.97. The van der Waals surface area contributed by atoms with E-state index in [-0.39, 0.29) is 5.91 Å². The summed E-state index contributed by atoms with van der Waals surface area (Å²) in [6.07, 6.45) is 1.37. The number of carbonyl (C=O) groups excluding carboxylic acids is 1. The van der Waals surface area contributed by atoms with Crippen LogP contribution < -0.4 is 5.32 Å². The molecule has 1 atom stereocenters. The van der Waals surface area contributed by atoms with Gasteiger partial charge < -0.3 is 10.2 Å². The minimum absolute atomic E-state index is 0.129. The molecule has 1 amide bonds. The molecule has 5 nitrogen and oxygen atoms in total. The van der Waals surface area contributed by atoms with Crippen LogP contribution in [0.5, 0.6) is 0 Å². The van der Waals surface area contributed by atoms with Crippen LogP contribution in [0.3, 0.4) is 0 Å². The molecule has 0 radical (unpaired) electrons. The Bertz CT molecular complexity index is 443. The lowest BCUT2D eigenvalue weighted by atomic mass is 10.0. The van der Waals surface area contributed by atoms with Crippen molar-refractivity contribution in [3.63, 3.8) is 0 Å². The van der Waals surface area contributed by atoms with Crippen LogP contribution in [0.4, 0.5) is 0 Å². The number of likely N-dealkylation sites (N-methyl/N-ethyl adjacent to an activating group) is 1. The van der Waals surface area contributed by atoms with Crippen LogP contribution >= 0.6 is 0 Å². The molecule has 0 aliphatic carbocycles. The summed E-state index contributed by atoms with van der Waals surface area (Å²) in [7, 11) is 4.11. The Morgan fingerprint density at radius 3 is 2.52 bits per heavy atom. The van der Waals surface area contributed by atoms with Gasteiger partial charge >= 0.3 is 0 Å². The number of nitrogens with one attached hydrogen (secondary N) is 1. The molecule has 0 spiro atoms. The normalized spacial score (nSPS) is 13.0. The third-order valence-corrected chi connectivity index (χ3v) is 3.82. The van der Waals surface area contributed by atoms with Gasteiger partial charge in [-0.2, -0.15) is 5.10 Å². The Morgan fingerprint density at radius 2 is 2.05 bits per heavy atom.